The number of amides is 2. The Balaban J connectivity index is 2.05. The van der Waals surface area contributed by atoms with E-state index in [-0.39, 0.29) is 17.2 Å². The van der Waals surface area contributed by atoms with Crippen LogP contribution in [0.1, 0.15) is 29.8 Å². The third-order valence-corrected chi connectivity index (χ3v) is 3.82. The van der Waals surface area contributed by atoms with E-state index in [0.717, 1.165) is 6.07 Å². The molecule has 1 atom stereocenters. The number of nitro benzene ring substituents is 1. The van der Waals surface area contributed by atoms with Crippen molar-refractivity contribution in [1.82, 2.24) is 10.7 Å². The summed E-state index contributed by atoms with van der Waals surface area (Å²) in [6, 6.07) is 10.2. The molecule has 0 aliphatic rings. The number of carbonyl (C=O) groups excluding carboxylic acids is 2. The second-order valence-electron chi connectivity index (χ2n) is 6.26. The molecular weight excluding hydrogens is 367 g/mol. The first-order valence-corrected chi connectivity index (χ1v) is 8.42. The number of hydrogen-bond acceptors (Lipinski definition) is 5. The van der Waals surface area contributed by atoms with Crippen LogP contribution in [0.5, 0.6) is 0 Å². The molecule has 2 aromatic carbocycles. The Bertz CT molecular complexity index is 914. The number of hydrazone groups is 1. The highest BCUT2D eigenvalue weighted by atomic mass is 19.1. The average Bonchev–Trinajstić information content (AvgIpc) is 2.66. The summed E-state index contributed by atoms with van der Waals surface area (Å²) in [6.07, 6.45) is 1.25. The average molecular weight is 386 g/mol. The van der Waals surface area contributed by atoms with Crippen LogP contribution in [-0.4, -0.2) is 29.0 Å². The molecule has 0 fully saturated rings. The Morgan fingerprint density at radius 1 is 1.18 bits per heavy atom. The molecule has 1 unspecified atom stereocenters. The summed E-state index contributed by atoms with van der Waals surface area (Å²) >= 11 is 0. The Kier molecular flexibility index (Phi) is 6.91. The van der Waals surface area contributed by atoms with E-state index in [1.165, 1.54) is 42.6 Å². The summed E-state index contributed by atoms with van der Waals surface area (Å²) in [4.78, 5) is 34.8. The summed E-state index contributed by atoms with van der Waals surface area (Å²) in [6.45, 7) is 3.44. The molecule has 2 N–H and O–H groups in total. The van der Waals surface area contributed by atoms with E-state index in [1.54, 1.807) is 19.9 Å². The molecule has 2 rings (SSSR count). The number of benzene rings is 2. The Morgan fingerprint density at radius 2 is 1.89 bits per heavy atom. The summed E-state index contributed by atoms with van der Waals surface area (Å²) in [7, 11) is 0. The topological polar surface area (TPSA) is 114 Å². The number of nitrogens with one attached hydrogen (secondary N) is 2. The van der Waals surface area contributed by atoms with Crippen LogP contribution < -0.4 is 10.7 Å². The lowest BCUT2D eigenvalue weighted by Gasteiger charge is -2.20. The lowest BCUT2D eigenvalue weighted by Crippen LogP contribution is -2.48. The van der Waals surface area contributed by atoms with Gasteiger partial charge in [0.25, 0.3) is 17.5 Å². The molecule has 0 bridgehead atoms. The van der Waals surface area contributed by atoms with Gasteiger partial charge in [0.2, 0.25) is 0 Å². The van der Waals surface area contributed by atoms with Crippen molar-refractivity contribution in [3.05, 3.63) is 75.6 Å². The lowest BCUT2D eigenvalue weighted by molar-refractivity contribution is -0.384. The minimum absolute atomic E-state index is 0.104. The number of carbonyl (C=O) groups is 2. The molecule has 28 heavy (non-hydrogen) atoms. The second-order valence-corrected chi connectivity index (χ2v) is 6.26. The van der Waals surface area contributed by atoms with E-state index in [0.29, 0.717) is 5.56 Å². The van der Waals surface area contributed by atoms with Crippen molar-refractivity contribution >= 4 is 23.7 Å². The van der Waals surface area contributed by atoms with Crippen molar-refractivity contribution in [3.63, 3.8) is 0 Å². The zero-order valence-electron chi connectivity index (χ0n) is 15.3. The molecule has 0 saturated carbocycles. The van der Waals surface area contributed by atoms with Gasteiger partial charge in [-0.25, -0.2) is 9.82 Å². The second kappa shape index (κ2) is 9.36. The van der Waals surface area contributed by atoms with Crippen LogP contribution in [0, 0.1) is 21.8 Å². The third-order valence-electron chi connectivity index (χ3n) is 3.82. The van der Waals surface area contributed by atoms with Crippen molar-refractivity contribution in [3.8, 4) is 0 Å². The predicted octanol–water partition coefficient (Wildman–Crippen LogP) is 2.64. The minimum atomic E-state index is -0.950. The Hall–Kier alpha value is -3.62. The Labute approximate surface area is 160 Å². The van der Waals surface area contributed by atoms with Crippen molar-refractivity contribution in [2.45, 2.75) is 19.9 Å². The highest BCUT2D eigenvalue weighted by Gasteiger charge is 2.25. The van der Waals surface area contributed by atoms with Gasteiger partial charge < -0.3 is 5.32 Å². The van der Waals surface area contributed by atoms with Gasteiger partial charge in [-0.3, -0.25) is 19.7 Å². The summed E-state index contributed by atoms with van der Waals surface area (Å²) < 4.78 is 13.7. The van der Waals surface area contributed by atoms with Gasteiger partial charge >= 0.3 is 0 Å². The Morgan fingerprint density at radius 3 is 2.54 bits per heavy atom. The van der Waals surface area contributed by atoms with Crippen molar-refractivity contribution in [2.24, 2.45) is 11.0 Å². The van der Waals surface area contributed by atoms with Gasteiger partial charge in [0.05, 0.1) is 16.7 Å². The fourth-order valence-corrected chi connectivity index (χ4v) is 2.36. The standard InChI is InChI=1S/C19H19FN4O4/c1-12(2)17(22-18(25)15-8-3-4-9-16(15)20)19(26)23-21-11-13-6-5-7-14(10-13)24(27)28/h3-12,17H,1-2H3,(H,22,25)(H,23,26)/b21-11+. The number of nitro groups is 1. The summed E-state index contributed by atoms with van der Waals surface area (Å²) in [5.41, 5.74) is 2.44. The van der Waals surface area contributed by atoms with Crippen LogP contribution in [0.25, 0.3) is 0 Å². The minimum Gasteiger partial charge on any atom is -0.340 e. The van der Waals surface area contributed by atoms with E-state index in [2.05, 4.69) is 15.8 Å². The molecule has 0 aliphatic heterocycles. The van der Waals surface area contributed by atoms with Gasteiger partial charge in [-0.05, 0) is 18.1 Å². The van der Waals surface area contributed by atoms with Crippen molar-refractivity contribution < 1.29 is 18.9 Å². The number of hydrogen-bond donors (Lipinski definition) is 2. The van der Waals surface area contributed by atoms with Gasteiger partial charge in [0.1, 0.15) is 11.9 Å². The maximum Gasteiger partial charge on any atom is 0.270 e. The first kappa shape index (κ1) is 20.7. The first-order chi connectivity index (χ1) is 13.3. The molecule has 9 heteroatoms. The van der Waals surface area contributed by atoms with E-state index < -0.39 is 28.6 Å². The number of halogens is 1. The van der Waals surface area contributed by atoms with Crippen LogP contribution in [0.2, 0.25) is 0 Å². The maximum absolute atomic E-state index is 13.7. The van der Waals surface area contributed by atoms with E-state index in [1.807, 2.05) is 0 Å². The molecule has 0 heterocycles. The number of non-ortho nitro benzene ring substituents is 1. The fraction of sp³-hybridized carbons (Fsp3) is 0.211. The SMILES string of the molecule is CC(C)C(NC(=O)c1ccccc1F)C(=O)N/N=C/c1cccc([N+](=O)[O-])c1. The molecule has 8 nitrogen and oxygen atoms in total. The number of nitrogens with zero attached hydrogens (tertiary/aromatic N) is 2. The zero-order chi connectivity index (χ0) is 20.7. The highest BCUT2D eigenvalue weighted by molar-refractivity contribution is 5.98. The van der Waals surface area contributed by atoms with Crippen LogP contribution >= 0.6 is 0 Å². The molecular formula is C19H19FN4O4. The zero-order valence-corrected chi connectivity index (χ0v) is 15.3. The molecule has 2 amide bonds. The fourth-order valence-electron chi connectivity index (χ4n) is 2.36. The van der Waals surface area contributed by atoms with Gasteiger partial charge in [-0.2, -0.15) is 5.10 Å². The summed E-state index contributed by atoms with van der Waals surface area (Å²) in [5.74, 6) is -2.29. The molecule has 2 aromatic rings. The van der Waals surface area contributed by atoms with Crippen LogP contribution in [0.15, 0.2) is 53.6 Å². The lowest BCUT2D eigenvalue weighted by atomic mass is 10.0. The van der Waals surface area contributed by atoms with Crippen molar-refractivity contribution in [1.29, 1.82) is 0 Å². The van der Waals surface area contributed by atoms with Crippen LogP contribution in [-0.2, 0) is 4.79 Å². The first-order valence-electron chi connectivity index (χ1n) is 8.42. The molecule has 0 spiro atoms. The van der Waals surface area contributed by atoms with E-state index in [9.17, 15) is 24.1 Å². The highest BCUT2D eigenvalue weighted by Crippen LogP contribution is 2.12. The maximum atomic E-state index is 13.7. The largest absolute Gasteiger partial charge is 0.340 e. The molecule has 0 aromatic heterocycles. The monoisotopic (exact) mass is 386 g/mol. The molecule has 0 aliphatic carbocycles. The molecule has 0 saturated heterocycles. The van der Waals surface area contributed by atoms with E-state index >= 15 is 0 Å². The molecule has 146 valence electrons. The van der Waals surface area contributed by atoms with Gasteiger partial charge in [0.15, 0.2) is 0 Å². The van der Waals surface area contributed by atoms with Crippen molar-refractivity contribution in [2.75, 3.05) is 0 Å². The van der Waals surface area contributed by atoms with Gasteiger partial charge in [-0.1, -0.05) is 38.1 Å². The quantitative estimate of drug-likeness (QED) is 0.432. The molecule has 0 radical (unpaired) electrons. The van der Waals surface area contributed by atoms with Crippen LogP contribution in [0.4, 0.5) is 10.1 Å². The smallest absolute Gasteiger partial charge is 0.270 e. The number of rotatable bonds is 7. The van der Waals surface area contributed by atoms with E-state index in [4.69, 9.17) is 0 Å². The van der Waals surface area contributed by atoms with Gasteiger partial charge in [-0.15, -0.1) is 0 Å². The normalized spacial score (nSPS) is 12.0. The van der Waals surface area contributed by atoms with Gasteiger partial charge in [0, 0.05) is 17.7 Å². The summed E-state index contributed by atoms with van der Waals surface area (Å²) in [5, 5.41) is 17.0. The third kappa shape index (κ3) is 5.44. The van der Waals surface area contributed by atoms with Crippen LogP contribution in [0.3, 0.4) is 0 Å². The predicted molar refractivity (Wildman–Crippen MR) is 101 cm³/mol.